The van der Waals surface area contributed by atoms with Crippen molar-refractivity contribution in [2.45, 2.75) is 31.8 Å². The molecule has 22 heavy (non-hydrogen) atoms. The monoisotopic (exact) mass is 303 g/mol. The first-order chi connectivity index (χ1) is 10.7. The lowest BCUT2D eigenvalue weighted by molar-refractivity contribution is -0.133. The second-order valence-corrected chi connectivity index (χ2v) is 6.48. The van der Waals surface area contributed by atoms with Crippen LogP contribution in [0.2, 0.25) is 0 Å². The number of hydrogen-bond donors (Lipinski definition) is 0. The van der Waals surface area contributed by atoms with Crippen LogP contribution in [-0.4, -0.2) is 60.0 Å². The summed E-state index contributed by atoms with van der Waals surface area (Å²) in [7, 11) is 1.92. The van der Waals surface area contributed by atoms with E-state index in [1.807, 2.05) is 24.1 Å². The van der Waals surface area contributed by atoms with E-state index in [2.05, 4.69) is 9.88 Å². The van der Waals surface area contributed by atoms with Gasteiger partial charge in [0, 0.05) is 52.0 Å². The molecule has 3 rings (SSSR count). The zero-order valence-corrected chi connectivity index (χ0v) is 13.3. The summed E-state index contributed by atoms with van der Waals surface area (Å²) < 4.78 is 6.01. The molecule has 1 aromatic rings. The minimum absolute atomic E-state index is 0.292. The molecule has 5 heteroatoms. The second-order valence-electron chi connectivity index (χ2n) is 6.48. The van der Waals surface area contributed by atoms with E-state index in [4.69, 9.17) is 4.74 Å². The number of hydrogen-bond acceptors (Lipinski definition) is 4. The minimum atomic E-state index is 0.292. The van der Waals surface area contributed by atoms with Gasteiger partial charge in [-0.25, -0.2) is 0 Å². The van der Waals surface area contributed by atoms with Crippen molar-refractivity contribution < 1.29 is 9.53 Å². The van der Waals surface area contributed by atoms with Gasteiger partial charge in [-0.15, -0.1) is 0 Å². The number of carbonyl (C=O) groups is 1. The fourth-order valence-electron chi connectivity index (χ4n) is 3.43. The van der Waals surface area contributed by atoms with Crippen molar-refractivity contribution in [2.75, 3.05) is 33.2 Å². The molecule has 120 valence electrons. The molecule has 0 bridgehead atoms. The number of amides is 1. The van der Waals surface area contributed by atoms with Gasteiger partial charge in [-0.2, -0.15) is 0 Å². The zero-order valence-electron chi connectivity index (χ0n) is 13.3. The third-order valence-electron chi connectivity index (χ3n) is 4.73. The van der Waals surface area contributed by atoms with Crippen molar-refractivity contribution in [1.82, 2.24) is 14.8 Å². The maximum atomic E-state index is 11.5. The summed E-state index contributed by atoms with van der Waals surface area (Å²) in [4.78, 5) is 20.0. The van der Waals surface area contributed by atoms with Crippen LogP contribution in [0.1, 0.15) is 25.7 Å². The summed E-state index contributed by atoms with van der Waals surface area (Å²) in [5, 5.41) is 0. The molecule has 1 atom stereocenters. The first kappa shape index (κ1) is 15.3. The van der Waals surface area contributed by atoms with Gasteiger partial charge < -0.3 is 14.5 Å². The Morgan fingerprint density at radius 2 is 1.95 bits per heavy atom. The Labute approximate surface area is 132 Å². The Morgan fingerprint density at radius 1 is 1.23 bits per heavy atom. The molecule has 0 aromatic carbocycles. The van der Waals surface area contributed by atoms with Gasteiger partial charge in [0.25, 0.3) is 0 Å². The SMILES string of the molecule is CN1CC(CN2CCC(Oc3ccncc3)CC2)CCC1=O. The average Bonchev–Trinajstić information content (AvgIpc) is 2.54. The predicted octanol–water partition coefficient (Wildman–Crippen LogP) is 1.79. The molecular weight excluding hydrogens is 278 g/mol. The number of piperidine rings is 2. The minimum Gasteiger partial charge on any atom is -0.490 e. The Bertz CT molecular complexity index is 486. The van der Waals surface area contributed by atoms with E-state index in [0.717, 1.165) is 51.2 Å². The maximum Gasteiger partial charge on any atom is 0.222 e. The number of carbonyl (C=O) groups excluding carboxylic acids is 1. The van der Waals surface area contributed by atoms with Crippen LogP contribution in [0, 0.1) is 5.92 Å². The van der Waals surface area contributed by atoms with Gasteiger partial charge in [0.05, 0.1) is 0 Å². The molecule has 3 heterocycles. The van der Waals surface area contributed by atoms with Gasteiger partial charge in [-0.1, -0.05) is 0 Å². The number of nitrogens with zero attached hydrogens (tertiary/aromatic N) is 3. The van der Waals surface area contributed by atoms with Crippen LogP contribution < -0.4 is 4.74 Å². The van der Waals surface area contributed by atoms with E-state index in [0.29, 0.717) is 24.3 Å². The Kier molecular flexibility index (Phi) is 4.93. The lowest BCUT2D eigenvalue weighted by Crippen LogP contribution is -2.45. The van der Waals surface area contributed by atoms with Gasteiger partial charge in [0.15, 0.2) is 0 Å². The highest BCUT2D eigenvalue weighted by Crippen LogP contribution is 2.22. The highest BCUT2D eigenvalue weighted by atomic mass is 16.5. The van der Waals surface area contributed by atoms with Crippen LogP contribution >= 0.6 is 0 Å². The third kappa shape index (κ3) is 3.97. The first-order valence-corrected chi connectivity index (χ1v) is 8.23. The van der Waals surface area contributed by atoms with Gasteiger partial charge in [-0.05, 0) is 37.3 Å². The summed E-state index contributed by atoms with van der Waals surface area (Å²) in [5.41, 5.74) is 0. The van der Waals surface area contributed by atoms with Crippen molar-refractivity contribution in [3.8, 4) is 5.75 Å². The molecule has 2 aliphatic heterocycles. The molecule has 0 saturated carbocycles. The molecular formula is C17H25N3O2. The normalized spacial score (nSPS) is 24.5. The molecule has 2 fully saturated rings. The van der Waals surface area contributed by atoms with Gasteiger partial charge in [0.1, 0.15) is 11.9 Å². The van der Waals surface area contributed by atoms with Crippen LogP contribution in [0.25, 0.3) is 0 Å². The topological polar surface area (TPSA) is 45.7 Å². The van der Waals surface area contributed by atoms with Crippen molar-refractivity contribution in [2.24, 2.45) is 5.92 Å². The molecule has 1 aromatic heterocycles. The largest absolute Gasteiger partial charge is 0.490 e. The maximum absolute atomic E-state index is 11.5. The quantitative estimate of drug-likeness (QED) is 0.851. The van der Waals surface area contributed by atoms with E-state index >= 15 is 0 Å². The van der Waals surface area contributed by atoms with Gasteiger partial charge in [-0.3, -0.25) is 9.78 Å². The van der Waals surface area contributed by atoms with Crippen LogP contribution in [0.15, 0.2) is 24.5 Å². The molecule has 1 unspecified atom stereocenters. The predicted molar refractivity (Wildman–Crippen MR) is 84.7 cm³/mol. The fourth-order valence-corrected chi connectivity index (χ4v) is 3.43. The molecule has 0 aliphatic carbocycles. The lowest BCUT2D eigenvalue weighted by atomic mass is 9.96. The van der Waals surface area contributed by atoms with Crippen LogP contribution in [0.4, 0.5) is 0 Å². The number of rotatable bonds is 4. The first-order valence-electron chi connectivity index (χ1n) is 8.23. The second kappa shape index (κ2) is 7.09. The van der Waals surface area contributed by atoms with E-state index in [1.54, 1.807) is 12.4 Å². The number of pyridine rings is 1. The van der Waals surface area contributed by atoms with E-state index in [1.165, 1.54) is 0 Å². The van der Waals surface area contributed by atoms with Crippen LogP contribution in [0.5, 0.6) is 5.75 Å². The summed E-state index contributed by atoms with van der Waals surface area (Å²) >= 11 is 0. The lowest BCUT2D eigenvalue weighted by Gasteiger charge is -2.37. The third-order valence-corrected chi connectivity index (χ3v) is 4.73. The number of ether oxygens (including phenoxy) is 1. The van der Waals surface area contributed by atoms with E-state index in [-0.39, 0.29) is 0 Å². The van der Waals surface area contributed by atoms with Crippen LogP contribution in [-0.2, 0) is 4.79 Å². The standard InChI is InChI=1S/C17H25N3O2/c1-19-12-14(2-3-17(19)21)13-20-10-6-16(7-11-20)22-15-4-8-18-9-5-15/h4-5,8-9,14,16H,2-3,6-7,10-13H2,1H3. The molecule has 5 nitrogen and oxygen atoms in total. The molecule has 0 radical (unpaired) electrons. The van der Waals surface area contributed by atoms with Crippen LogP contribution in [0.3, 0.4) is 0 Å². The highest BCUT2D eigenvalue weighted by molar-refractivity contribution is 5.76. The molecule has 1 amide bonds. The Hall–Kier alpha value is -1.62. The van der Waals surface area contributed by atoms with E-state index < -0.39 is 0 Å². The smallest absolute Gasteiger partial charge is 0.222 e. The fraction of sp³-hybridized carbons (Fsp3) is 0.647. The molecule has 0 N–H and O–H groups in total. The molecule has 0 spiro atoms. The number of likely N-dealkylation sites (tertiary alicyclic amines) is 2. The van der Waals surface area contributed by atoms with Crippen molar-refractivity contribution in [3.63, 3.8) is 0 Å². The summed E-state index contributed by atoms with van der Waals surface area (Å²) in [6.45, 7) is 4.19. The van der Waals surface area contributed by atoms with Crippen molar-refractivity contribution in [1.29, 1.82) is 0 Å². The number of aromatic nitrogens is 1. The zero-order chi connectivity index (χ0) is 15.4. The average molecular weight is 303 g/mol. The molecule has 2 aliphatic rings. The summed E-state index contributed by atoms with van der Waals surface area (Å²) in [6, 6.07) is 3.84. The summed E-state index contributed by atoms with van der Waals surface area (Å²) in [5.74, 6) is 1.84. The Morgan fingerprint density at radius 3 is 2.64 bits per heavy atom. The van der Waals surface area contributed by atoms with E-state index in [9.17, 15) is 4.79 Å². The molecule has 2 saturated heterocycles. The highest BCUT2D eigenvalue weighted by Gasteiger charge is 2.27. The van der Waals surface area contributed by atoms with Crippen molar-refractivity contribution in [3.05, 3.63) is 24.5 Å². The summed E-state index contributed by atoms with van der Waals surface area (Å²) in [6.07, 6.45) is 7.75. The Balaban J connectivity index is 1.41. The van der Waals surface area contributed by atoms with Crippen molar-refractivity contribution >= 4 is 5.91 Å². The van der Waals surface area contributed by atoms with Gasteiger partial charge in [0.2, 0.25) is 5.91 Å². The van der Waals surface area contributed by atoms with Gasteiger partial charge >= 0.3 is 0 Å².